The van der Waals surface area contributed by atoms with Gasteiger partial charge in [-0.05, 0) is 25.0 Å². The summed E-state index contributed by atoms with van der Waals surface area (Å²) in [5.41, 5.74) is 0. The molecule has 0 amide bonds. The number of aromatic nitrogens is 3. The molecular weight excluding hydrogens is 419 g/mol. The van der Waals surface area contributed by atoms with E-state index in [9.17, 15) is 0 Å². The molecule has 0 saturated heterocycles. The number of halogens is 1. The van der Waals surface area contributed by atoms with Crippen LogP contribution < -0.4 is 15.4 Å². The lowest BCUT2D eigenvalue weighted by Crippen LogP contribution is -2.39. The average Bonchev–Trinajstić information content (AvgIpc) is 3.11. The minimum atomic E-state index is 0. The van der Waals surface area contributed by atoms with Crippen LogP contribution in [0.15, 0.2) is 48.0 Å². The van der Waals surface area contributed by atoms with Crippen LogP contribution in [0.2, 0.25) is 0 Å². The molecule has 0 aliphatic heterocycles. The Morgan fingerprint density at radius 2 is 1.79 bits per heavy atom. The first-order chi connectivity index (χ1) is 11.4. The molecule has 0 aliphatic rings. The molecule has 2 N–H and O–H groups in total. The number of ether oxygens (including phenoxy) is 1. The maximum Gasteiger partial charge on any atom is 0.191 e. The van der Waals surface area contributed by atoms with Gasteiger partial charge in [0.15, 0.2) is 5.96 Å². The van der Waals surface area contributed by atoms with Crippen molar-refractivity contribution in [3.63, 3.8) is 0 Å². The van der Waals surface area contributed by atoms with Gasteiger partial charge in [0.2, 0.25) is 0 Å². The van der Waals surface area contributed by atoms with Crippen molar-refractivity contribution in [2.45, 2.75) is 19.4 Å². The van der Waals surface area contributed by atoms with E-state index >= 15 is 0 Å². The first-order valence-electron chi connectivity index (χ1n) is 7.83. The highest BCUT2D eigenvalue weighted by Crippen LogP contribution is 2.07. The molecule has 0 fully saturated rings. The van der Waals surface area contributed by atoms with Crippen LogP contribution in [0, 0.1) is 0 Å². The Bertz CT molecular complexity index is 561. The molecule has 1 aromatic heterocycles. The van der Waals surface area contributed by atoms with Crippen LogP contribution in [-0.4, -0.2) is 47.5 Å². The zero-order valence-electron chi connectivity index (χ0n) is 13.9. The van der Waals surface area contributed by atoms with E-state index < -0.39 is 0 Å². The molecule has 1 aromatic carbocycles. The first kappa shape index (κ1) is 20.2. The maximum atomic E-state index is 5.63. The van der Waals surface area contributed by atoms with Crippen molar-refractivity contribution in [3.05, 3.63) is 43.0 Å². The fourth-order valence-corrected chi connectivity index (χ4v) is 2.04. The van der Waals surface area contributed by atoms with E-state index in [1.54, 1.807) is 19.7 Å². The molecule has 0 spiro atoms. The van der Waals surface area contributed by atoms with Crippen molar-refractivity contribution >= 4 is 29.9 Å². The summed E-state index contributed by atoms with van der Waals surface area (Å²) in [4.78, 5) is 4.19. The van der Waals surface area contributed by atoms with Crippen molar-refractivity contribution in [1.82, 2.24) is 25.4 Å². The lowest BCUT2D eigenvalue weighted by Gasteiger charge is -2.12. The van der Waals surface area contributed by atoms with Crippen LogP contribution in [-0.2, 0) is 6.54 Å². The van der Waals surface area contributed by atoms with Crippen LogP contribution in [0.1, 0.15) is 12.8 Å². The summed E-state index contributed by atoms with van der Waals surface area (Å²) in [6, 6.07) is 9.79. The largest absolute Gasteiger partial charge is 0.492 e. The van der Waals surface area contributed by atoms with Crippen molar-refractivity contribution in [2.75, 3.05) is 26.7 Å². The van der Waals surface area contributed by atoms with Crippen LogP contribution in [0.5, 0.6) is 5.75 Å². The van der Waals surface area contributed by atoms with Crippen LogP contribution in [0.3, 0.4) is 0 Å². The number of aryl methyl sites for hydroxylation is 1. The van der Waals surface area contributed by atoms with Crippen molar-refractivity contribution in [3.8, 4) is 5.75 Å². The van der Waals surface area contributed by atoms with Gasteiger partial charge in [-0.1, -0.05) is 18.2 Å². The van der Waals surface area contributed by atoms with Crippen LogP contribution in [0.4, 0.5) is 0 Å². The Balaban J connectivity index is 0.00000288. The molecule has 0 radical (unpaired) electrons. The number of guanidine groups is 1. The number of hydrogen-bond acceptors (Lipinski definition) is 4. The number of nitrogens with zero attached hydrogens (tertiary/aromatic N) is 4. The molecule has 24 heavy (non-hydrogen) atoms. The highest BCUT2D eigenvalue weighted by Gasteiger charge is 1.98. The fourth-order valence-electron chi connectivity index (χ4n) is 2.04. The van der Waals surface area contributed by atoms with E-state index in [0.717, 1.165) is 37.6 Å². The molecule has 0 bridgehead atoms. The van der Waals surface area contributed by atoms with E-state index in [-0.39, 0.29) is 24.0 Å². The molecule has 2 rings (SSSR count). The minimum Gasteiger partial charge on any atom is -0.492 e. The predicted molar refractivity (Wildman–Crippen MR) is 106 cm³/mol. The molecule has 2 aromatic rings. The summed E-state index contributed by atoms with van der Waals surface area (Å²) in [5, 5.41) is 14.1. The second kappa shape index (κ2) is 12.6. The molecule has 132 valence electrons. The molecule has 0 unspecified atom stereocenters. The van der Waals surface area contributed by atoms with Gasteiger partial charge in [-0.3, -0.25) is 4.99 Å². The zero-order valence-corrected chi connectivity index (χ0v) is 16.2. The molecule has 0 saturated carbocycles. The van der Waals surface area contributed by atoms with Crippen LogP contribution >= 0.6 is 24.0 Å². The highest BCUT2D eigenvalue weighted by atomic mass is 127. The van der Waals surface area contributed by atoms with Gasteiger partial charge in [0.05, 0.1) is 6.54 Å². The van der Waals surface area contributed by atoms with E-state index in [0.29, 0.717) is 13.2 Å². The Morgan fingerprint density at radius 3 is 2.50 bits per heavy atom. The van der Waals surface area contributed by atoms with Crippen LogP contribution in [0.25, 0.3) is 0 Å². The lowest BCUT2D eigenvalue weighted by atomic mass is 10.3. The summed E-state index contributed by atoms with van der Waals surface area (Å²) in [5.74, 6) is 1.68. The first-order valence-corrected chi connectivity index (χ1v) is 7.83. The van der Waals surface area contributed by atoms with E-state index in [2.05, 4.69) is 25.8 Å². The second-order valence-corrected chi connectivity index (χ2v) is 4.99. The normalized spacial score (nSPS) is 10.8. The summed E-state index contributed by atoms with van der Waals surface area (Å²) in [6.07, 6.45) is 5.60. The quantitative estimate of drug-likeness (QED) is 0.268. The van der Waals surface area contributed by atoms with E-state index in [4.69, 9.17) is 4.74 Å². The third kappa shape index (κ3) is 8.14. The van der Waals surface area contributed by atoms with Gasteiger partial charge in [0.25, 0.3) is 0 Å². The third-order valence-electron chi connectivity index (χ3n) is 3.23. The molecule has 7 nitrogen and oxygen atoms in total. The van der Waals surface area contributed by atoms with E-state index in [1.807, 2.05) is 34.9 Å². The minimum absolute atomic E-state index is 0. The molecule has 1 heterocycles. The van der Waals surface area contributed by atoms with Gasteiger partial charge in [-0.15, -0.1) is 34.2 Å². The maximum absolute atomic E-state index is 5.63. The third-order valence-corrected chi connectivity index (χ3v) is 3.23. The zero-order chi connectivity index (χ0) is 16.2. The summed E-state index contributed by atoms with van der Waals surface area (Å²) in [7, 11) is 1.77. The fraction of sp³-hybridized carbons (Fsp3) is 0.438. The van der Waals surface area contributed by atoms with Crippen molar-refractivity contribution in [2.24, 2.45) is 4.99 Å². The number of benzene rings is 1. The monoisotopic (exact) mass is 444 g/mol. The van der Waals surface area contributed by atoms with Gasteiger partial charge >= 0.3 is 0 Å². The summed E-state index contributed by atoms with van der Waals surface area (Å²) < 4.78 is 7.61. The Labute approximate surface area is 159 Å². The number of hydrogen-bond donors (Lipinski definition) is 2. The van der Waals surface area contributed by atoms with Crippen molar-refractivity contribution < 1.29 is 4.74 Å². The van der Waals surface area contributed by atoms with Gasteiger partial charge < -0.3 is 19.9 Å². The summed E-state index contributed by atoms with van der Waals surface area (Å²) in [6.45, 7) is 3.11. The smallest absolute Gasteiger partial charge is 0.191 e. The van der Waals surface area contributed by atoms with Gasteiger partial charge in [-0.25, -0.2) is 0 Å². The van der Waals surface area contributed by atoms with Gasteiger partial charge in [-0.2, -0.15) is 0 Å². The Hall–Kier alpha value is -1.84. The molecular formula is C16H25IN6O. The number of rotatable bonds is 9. The van der Waals surface area contributed by atoms with Crippen molar-refractivity contribution in [1.29, 1.82) is 0 Å². The predicted octanol–water partition coefficient (Wildman–Crippen LogP) is 1.92. The average molecular weight is 444 g/mol. The van der Waals surface area contributed by atoms with Gasteiger partial charge in [0, 0.05) is 20.1 Å². The van der Waals surface area contributed by atoms with Gasteiger partial charge in [0.1, 0.15) is 25.0 Å². The molecule has 0 aliphatic carbocycles. The standard InChI is InChI=1S/C16H24N6O.HI/c1-17-16(18-9-5-6-11-22-13-20-21-14-22)19-10-12-23-15-7-3-2-4-8-15;/h2-4,7-8,13-14H,5-6,9-12H2,1H3,(H2,17,18,19);1H. The topological polar surface area (TPSA) is 76.4 Å². The number of para-hydroxylation sites is 1. The Morgan fingerprint density at radius 1 is 1.08 bits per heavy atom. The number of unbranched alkanes of at least 4 members (excludes halogenated alkanes) is 1. The molecule has 8 heteroatoms. The summed E-state index contributed by atoms with van der Waals surface area (Å²) >= 11 is 0. The Kier molecular flexibility index (Phi) is 10.6. The number of aliphatic imine (C=N–C) groups is 1. The highest BCUT2D eigenvalue weighted by molar-refractivity contribution is 14.0. The SMILES string of the molecule is CN=C(NCCCCn1cnnc1)NCCOc1ccccc1.I. The van der Waals surface area contributed by atoms with E-state index in [1.165, 1.54) is 0 Å². The molecule has 0 atom stereocenters. The number of nitrogens with one attached hydrogen (secondary N) is 2. The second-order valence-electron chi connectivity index (χ2n) is 4.99. The lowest BCUT2D eigenvalue weighted by molar-refractivity contribution is 0.322.